The van der Waals surface area contributed by atoms with E-state index in [1.807, 2.05) is 12.1 Å². The summed E-state index contributed by atoms with van der Waals surface area (Å²) in [5.74, 6) is 1.27. The van der Waals surface area contributed by atoms with Gasteiger partial charge in [-0.3, -0.25) is 4.79 Å². The monoisotopic (exact) mass is 331 g/mol. The Bertz CT molecular complexity index is 675. The topological polar surface area (TPSA) is 88.2 Å². The smallest absolute Gasteiger partial charge is 0.227 e. The Morgan fingerprint density at radius 3 is 2.54 bits per heavy atom. The van der Waals surface area contributed by atoms with Crippen LogP contribution in [0.5, 0.6) is 0 Å². The van der Waals surface area contributed by atoms with Crippen molar-refractivity contribution < 1.29 is 14.4 Å². The average Bonchev–Trinajstić information content (AvgIpc) is 3.01. The van der Waals surface area contributed by atoms with Crippen LogP contribution in [-0.4, -0.2) is 33.3 Å². The largest absolute Gasteiger partial charge is 0.394 e. The first-order valence-electron chi connectivity index (χ1n) is 8.15. The first kappa shape index (κ1) is 18.1. The van der Waals surface area contributed by atoms with E-state index < -0.39 is 5.54 Å². The van der Waals surface area contributed by atoms with E-state index in [9.17, 15) is 4.79 Å². The number of aryl methyl sites for hydroxylation is 1. The van der Waals surface area contributed by atoms with E-state index in [0.717, 1.165) is 5.56 Å². The first-order chi connectivity index (χ1) is 11.3. The molecule has 0 saturated heterocycles. The highest BCUT2D eigenvalue weighted by atomic mass is 16.5. The van der Waals surface area contributed by atoms with E-state index in [4.69, 9.17) is 9.63 Å². The van der Waals surface area contributed by atoms with Crippen LogP contribution in [0.25, 0.3) is 11.4 Å². The number of hydrogen-bond donors (Lipinski definition) is 2. The summed E-state index contributed by atoms with van der Waals surface area (Å²) >= 11 is 0. The van der Waals surface area contributed by atoms with Gasteiger partial charge in [-0.1, -0.05) is 43.3 Å². The average molecular weight is 331 g/mol. The van der Waals surface area contributed by atoms with Crippen LogP contribution in [0.2, 0.25) is 0 Å². The van der Waals surface area contributed by atoms with Crippen molar-refractivity contribution in [3.05, 3.63) is 35.7 Å². The van der Waals surface area contributed by atoms with Gasteiger partial charge in [0.05, 0.1) is 12.1 Å². The number of aliphatic hydroxyl groups excluding tert-OH is 1. The summed E-state index contributed by atoms with van der Waals surface area (Å²) in [6.45, 7) is 7.69. The minimum atomic E-state index is -0.630. The first-order valence-corrected chi connectivity index (χ1v) is 8.15. The summed E-state index contributed by atoms with van der Waals surface area (Å²) in [5, 5.41) is 15.9. The Labute approximate surface area is 142 Å². The van der Waals surface area contributed by atoms with E-state index in [0.29, 0.717) is 24.1 Å². The molecule has 130 valence electrons. The highest BCUT2D eigenvalue weighted by molar-refractivity contribution is 5.76. The molecule has 6 heteroatoms. The Kier molecular flexibility index (Phi) is 5.72. The summed E-state index contributed by atoms with van der Waals surface area (Å²) in [5.41, 5.74) is 1.51. The second-order valence-corrected chi connectivity index (χ2v) is 6.88. The van der Waals surface area contributed by atoms with Crippen LogP contribution in [0, 0.1) is 0 Å². The lowest BCUT2D eigenvalue weighted by atomic mass is 10.0. The highest BCUT2D eigenvalue weighted by Gasteiger charge is 2.19. The zero-order valence-corrected chi connectivity index (χ0v) is 14.7. The van der Waals surface area contributed by atoms with Crippen molar-refractivity contribution in [1.29, 1.82) is 0 Å². The van der Waals surface area contributed by atoms with Crippen LogP contribution in [0.1, 0.15) is 51.5 Å². The molecule has 0 aliphatic heterocycles. The zero-order chi connectivity index (χ0) is 17.7. The van der Waals surface area contributed by atoms with Crippen molar-refractivity contribution in [2.24, 2.45) is 0 Å². The molecule has 0 unspecified atom stereocenters. The summed E-state index contributed by atoms with van der Waals surface area (Å²) < 4.78 is 5.21. The molecule has 0 saturated carbocycles. The Morgan fingerprint density at radius 2 is 1.96 bits per heavy atom. The predicted octanol–water partition coefficient (Wildman–Crippen LogP) is 2.68. The predicted molar refractivity (Wildman–Crippen MR) is 91.5 cm³/mol. The van der Waals surface area contributed by atoms with E-state index in [1.54, 1.807) is 13.8 Å². The number of hydrogen-bond acceptors (Lipinski definition) is 5. The zero-order valence-electron chi connectivity index (χ0n) is 14.7. The number of benzene rings is 1. The third-order valence-electron chi connectivity index (χ3n) is 3.74. The van der Waals surface area contributed by atoms with Crippen molar-refractivity contribution in [1.82, 2.24) is 15.5 Å². The van der Waals surface area contributed by atoms with E-state index in [-0.39, 0.29) is 18.9 Å². The third kappa shape index (κ3) is 4.89. The van der Waals surface area contributed by atoms with Gasteiger partial charge >= 0.3 is 0 Å². The van der Waals surface area contributed by atoms with Crippen molar-refractivity contribution >= 4 is 5.91 Å². The molecule has 0 atom stereocenters. The molecule has 1 amide bonds. The van der Waals surface area contributed by atoms with E-state index in [1.165, 1.54) is 5.56 Å². The van der Waals surface area contributed by atoms with Gasteiger partial charge in [-0.15, -0.1) is 0 Å². The van der Waals surface area contributed by atoms with Crippen molar-refractivity contribution in [2.75, 3.05) is 6.61 Å². The molecule has 0 fully saturated rings. The quantitative estimate of drug-likeness (QED) is 0.814. The fourth-order valence-electron chi connectivity index (χ4n) is 2.19. The van der Waals surface area contributed by atoms with Crippen LogP contribution in [-0.2, 0) is 11.2 Å². The fraction of sp³-hybridized carbons (Fsp3) is 0.500. The van der Waals surface area contributed by atoms with Gasteiger partial charge in [-0.25, -0.2) is 0 Å². The van der Waals surface area contributed by atoms with E-state index in [2.05, 4.69) is 41.4 Å². The van der Waals surface area contributed by atoms with Crippen LogP contribution in [0.3, 0.4) is 0 Å². The molecule has 1 aromatic heterocycles. The molecule has 24 heavy (non-hydrogen) atoms. The van der Waals surface area contributed by atoms with Crippen LogP contribution in [0.15, 0.2) is 28.8 Å². The summed E-state index contributed by atoms with van der Waals surface area (Å²) in [7, 11) is 0. The standard InChI is InChI=1S/C18H25N3O3/c1-12(2)13-5-7-14(8-6-13)17-19-16(24-21-17)10-9-15(23)20-18(3,4)11-22/h5-8,12,22H,9-11H2,1-4H3,(H,20,23). The van der Waals surface area contributed by atoms with Gasteiger partial charge in [0.1, 0.15) is 0 Å². The molecule has 6 nitrogen and oxygen atoms in total. The van der Waals surface area contributed by atoms with Gasteiger partial charge < -0.3 is 14.9 Å². The number of aliphatic hydroxyl groups is 1. The summed E-state index contributed by atoms with van der Waals surface area (Å²) in [4.78, 5) is 16.2. The highest BCUT2D eigenvalue weighted by Crippen LogP contribution is 2.20. The number of nitrogens with zero attached hydrogens (tertiary/aromatic N) is 2. The van der Waals surface area contributed by atoms with Crippen molar-refractivity contribution in [2.45, 2.75) is 52.0 Å². The van der Waals surface area contributed by atoms with Crippen molar-refractivity contribution in [3.8, 4) is 11.4 Å². The second-order valence-electron chi connectivity index (χ2n) is 6.88. The molecular formula is C18H25N3O3. The molecule has 0 bridgehead atoms. The van der Waals surface area contributed by atoms with Crippen LogP contribution in [0.4, 0.5) is 0 Å². The molecular weight excluding hydrogens is 306 g/mol. The summed E-state index contributed by atoms with van der Waals surface area (Å²) in [6.07, 6.45) is 0.599. The number of nitrogens with one attached hydrogen (secondary N) is 1. The van der Waals surface area contributed by atoms with Crippen LogP contribution < -0.4 is 5.32 Å². The Hall–Kier alpha value is -2.21. The van der Waals surface area contributed by atoms with Gasteiger partial charge in [0.2, 0.25) is 17.6 Å². The van der Waals surface area contributed by atoms with Gasteiger partial charge in [-0.2, -0.15) is 4.98 Å². The maximum Gasteiger partial charge on any atom is 0.227 e. The van der Waals surface area contributed by atoms with Gasteiger partial charge in [0.25, 0.3) is 0 Å². The molecule has 0 spiro atoms. The number of rotatable bonds is 7. The molecule has 2 N–H and O–H groups in total. The van der Waals surface area contributed by atoms with Gasteiger partial charge in [0.15, 0.2) is 0 Å². The molecule has 1 heterocycles. The molecule has 0 radical (unpaired) electrons. The van der Waals surface area contributed by atoms with E-state index >= 15 is 0 Å². The number of amides is 1. The normalized spacial score (nSPS) is 11.8. The van der Waals surface area contributed by atoms with Gasteiger partial charge in [-0.05, 0) is 25.3 Å². The minimum Gasteiger partial charge on any atom is -0.394 e. The maximum atomic E-state index is 11.9. The third-order valence-corrected chi connectivity index (χ3v) is 3.74. The maximum absolute atomic E-state index is 11.9. The lowest BCUT2D eigenvalue weighted by Crippen LogP contribution is -2.46. The lowest BCUT2D eigenvalue weighted by molar-refractivity contribution is -0.123. The number of aromatic nitrogens is 2. The molecule has 0 aliphatic rings. The fourth-order valence-corrected chi connectivity index (χ4v) is 2.19. The summed E-state index contributed by atoms with van der Waals surface area (Å²) in [6, 6.07) is 8.06. The Balaban J connectivity index is 1.94. The Morgan fingerprint density at radius 1 is 1.29 bits per heavy atom. The van der Waals surface area contributed by atoms with Crippen LogP contribution >= 0.6 is 0 Å². The molecule has 2 aromatic rings. The molecule has 1 aromatic carbocycles. The van der Waals surface area contributed by atoms with Gasteiger partial charge in [0, 0.05) is 18.4 Å². The lowest BCUT2D eigenvalue weighted by Gasteiger charge is -2.23. The molecule has 2 rings (SSSR count). The molecule has 0 aliphatic carbocycles. The SMILES string of the molecule is CC(C)c1ccc(-c2noc(CCC(=O)NC(C)(C)CO)n2)cc1. The van der Waals surface area contributed by atoms with Crippen molar-refractivity contribution in [3.63, 3.8) is 0 Å². The second kappa shape index (κ2) is 7.57. The minimum absolute atomic E-state index is 0.115. The number of carbonyl (C=O) groups is 1. The number of carbonyl (C=O) groups excluding carboxylic acids is 1.